The normalized spacial score (nSPS) is 10.2. The lowest BCUT2D eigenvalue weighted by Gasteiger charge is -2.11. The van der Waals surface area contributed by atoms with Crippen LogP contribution in [0.5, 0.6) is 11.5 Å². The number of rotatable bonds is 3. The molecule has 18 heavy (non-hydrogen) atoms. The van der Waals surface area contributed by atoms with E-state index in [-0.39, 0.29) is 5.82 Å². The third kappa shape index (κ3) is 2.17. The molecule has 6 heteroatoms. The Kier molecular flexibility index (Phi) is 3.53. The first-order valence-corrected chi connectivity index (χ1v) is 5.53. The van der Waals surface area contributed by atoms with E-state index in [1.165, 1.54) is 6.33 Å². The van der Waals surface area contributed by atoms with Gasteiger partial charge in [-0.2, -0.15) is 0 Å². The summed E-state index contributed by atoms with van der Waals surface area (Å²) in [7, 11) is 3.16. The number of anilines is 1. The first-order valence-electron chi connectivity index (χ1n) is 5.15. The van der Waals surface area contributed by atoms with Gasteiger partial charge in [-0.15, -0.1) is 0 Å². The first-order chi connectivity index (χ1) is 8.67. The Morgan fingerprint density at radius 3 is 2.61 bits per heavy atom. The van der Waals surface area contributed by atoms with Gasteiger partial charge in [-0.25, -0.2) is 9.97 Å². The Labute approximate surface area is 110 Å². The molecule has 0 amide bonds. The van der Waals surface area contributed by atoms with Crippen LogP contribution in [0, 0.1) is 0 Å². The monoisotopic (exact) mass is 265 g/mol. The molecule has 0 unspecified atom stereocenters. The maximum atomic E-state index is 6.11. The highest BCUT2D eigenvalue weighted by atomic mass is 35.5. The van der Waals surface area contributed by atoms with Gasteiger partial charge in [0, 0.05) is 5.56 Å². The molecule has 0 fully saturated rings. The van der Waals surface area contributed by atoms with Crippen LogP contribution in [0.4, 0.5) is 5.82 Å². The maximum Gasteiger partial charge on any atom is 0.146 e. The van der Waals surface area contributed by atoms with Gasteiger partial charge in [0.1, 0.15) is 28.7 Å². The number of aromatic nitrogens is 2. The predicted molar refractivity (Wildman–Crippen MR) is 70.0 cm³/mol. The third-order valence-electron chi connectivity index (χ3n) is 2.48. The van der Waals surface area contributed by atoms with Gasteiger partial charge in [0.2, 0.25) is 0 Å². The first kappa shape index (κ1) is 12.4. The predicted octanol–water partition coefficient (Wildman–Crippen LogP) is 2.40. The van der Waals surface area contributed by atoms with Crippen molar-refractivity contribution < 1.29 is 9.47 Å². The second-order valence-electron chi connectivity index (χ2n) is 3.49. The zero-order chi connectivity index (χ0) is 13.1. The number of nitrogen functional groups attached to an aromatic ring is 1. The third-order valence-corrected chi connectivity index (χ3v) is 2.85. The number of nitrogens with two attached hydrogens (primary N) is 1. The lowest BCUT2D eigenvalue weighted by molar-refractivity contribution is 0.404. The second-order valence-corrected chi connectivity index (χ2v) is 3.87. The Morgan fingerprint density at radius 1 is 1.17 bits per heavy atom. The van der Waals surface area contributed by atoms with E-state index in [0.717, 1.165) is 0 Å². The van der Waals surface area contributed by atoms with E-state index < -0.39 is 0 Å². The fourth-order valence-corrected chi connectivity index (χ4v) is 1.77. The molecule has 0 saturated heterocycles. The number of hydrogen-bond donors (Lipinski definition) is 1. The summed E-state index contributed by atoms with van der Waals surface area (Å²) < 4.78 is 10.5. The molecule has 0 atom stereocenters. The van der Waals surface area contributed by atoms with Crippen LogP contribution < -0.4 is 15.2 Å². The average Bonchev–Trinajstić information content (AvgIpc) is 2.41. The number of hydrogen-bond acceptors (Lipinski definition) is 5. The molecular formula is C12H12ClN3O2. The van der Waals surface area contributed by atoms with Crippen LogP contribution in [0.2, 0.25) is 5.02 Å². The van der Waals surface area contributed by atoms with Crippen molar-refractivity contribution in [3.63, 3.8) is 0 Å². The molecule has 0 aliphatic carbocycles. The minimum atomic E-state index is 0.228. The molecular weight excluding hydrogens is 254 g/mol. The quantitative estimate of drug-likeness (QED) is 0.923. The topological polar surface area (TPSA) is 70.3 Å². The Balaban J connectivity index is 2.64. The second kappa shape index (κ2) is 5.10. The van der Waals surface area contributed by atoms with E-state index in [0.29, 0.717) is 27.8 Å². The van der Waals surface area contributed by atoms with E-state index >= 15 is 0 Å². The van der Waals surface area contributed by atoms with Crippen molar-refractivity contribution in [2.45, 2.75) is 0 Å². The SMILES string of the molecule is COc1ccc(OC)c(-c2ncnc(N)c2Cl)c1. The Bertz CT molecular complexity index is 575. The number of methoxy groups -OCH3 is 2. The van der Waals surface area contributed by atoms with Crippen molar-refractivity contribution in [2.24, 2.45) is 0 Å². The van der Waals surface area contributed by atoms with E-state index in [1.807, 2.05) is 0 Å². The summed E-state index contributed by atoms with van der Waals surface area (Å²) in [6.07, 6.45) is 1.36. The zero-order valence-corrected chi connectivity index (χ0v) is 10.7. The summed E-state index contributed by atoms with van der Waals surface area (Å²) in [4.78, 5) is 7.96. The van der Waals surface area contributed by atoms with Gasteiger partial charge in [0.05, 0.1) is 19.9 Å². The molecule has 5 nitrogen and oxygen atoms in total. The van der Waals surface area contributed by atoms with Crippen molar-refractivity contribution in [1.82, 2.24) is 9.97 Å². The lowest BCUT2D eigenvalue weighted by atomic mass is 10.1. The molecule has 0 radical (unpaired) electrons. The minimum Gasteiger partial charge on any atom is -0.497 e. The molecule has 2 aromatic rings. The largest absolute Gasteiger partial charge is 0.497 e. The molecule has 0 aliphatic rings. The van der Waals surface area contributed by atoms with Gasteiger partial charge in [0.15, 0.2) is 0 Å². The molecule has 1 heterocycles. The molecule has 0 bridgehead atoms. The highest BCUT2D eigenvalue weighted by Gasteiger charge is 2.14. The van der Waals surface area contributed by atoms with Crippen LogP contribution in [0.25, 0.3) is 11.3 Å². The standard InChI is InChI=1S/C12H12ClN3O2/c1-17-7-3-4-9(18-2)8(5-7)11-10(13)12(14)16-6-15-11/h3-6H,1-2H3,(H2,14,15,16). The molecule has 0 aliphatic heterocycles. The summed E-state index contributed by atoms with van der Waals surface area (Å²) in [5, 5.41) is 0.295. The molecule has 2 N–H and O–H groups in total. The average molecular weight is 266 g/mol. The summed E-state index contributed by atoms with van der Waals surface area (Å²) in [5.41, 5.74) is 6.88. The van der Waals surface area contributed by atoms with Crippen molar-refractivity contribution in [3.05, 3.63) is 29.5 Å². The Morgan fingerprint density at radius 2 is 1.94 bits per heavy atom. The van der Waals surface area contributed by atoms with Crippen molar-refractivity contribution >= 4 is 17.4 Å². The molecule has 94 valence electrons. The minimum absolute atomic E-state index is 0.228. The molecule has 0 spiro atoms. The number of ether oxygens (including phenoxy) is 2. The van der Waals surface area contributed by atoms with Gasteiger partial charge < -0.3 is 15.2 Å². The number of nitrogens with zero attached hydrogens (tertiary/aromatic N) is 2. The van der Waals surface area contributed by atoms with Crippen LogP contribution in [0.15, 0.2) is 24.5 Å². The Hall–Kier alpha value is -2.01. The number of benzene rings is 1. The van der Waals surface area contributed by atoms with Gasteiger partial charge >= 0.3 is 0 Å². The fraction of sp³-hybridized carbons (Fsp3) is 0.167. The highest BCUT2D eigenvalue weighted by molar-refractivity contribution is 6.35. The smallest absolute Gasteiger partial charge is 0.146 e. The molecule has 2 rings (SSSR count). The van der Waals surface area contributed by atoms with Crippen LogP contribution >= 0.6 is 11.6 Å². The summed E-state index contributed by atoms with van der Waals surface area (Å²) in [6.45, 7) is 0. The van der Waals surface area contributed by atoms with E-state index in [9.17, 15) is 0 Å². The highest BCUT2D eigenvalue weighted by Crippen LogP contribution is 2.37. The van der Waals surface area contributed by atoms with E-state index in [1.54, 1.807) is 32.4 Å². The van der Waals surface area contributed by atoms with Crippen molar-refractivity contribution in [3.8, 4) is 22.8 Å². The van der Waals surface area contributed by atoms with Gasteiger partial charge in [-0.05, 0) is 18.2 Å². The number of halogens is 1. The molecule has 1 aromatic carbocycles. The fourth-order valence-electron chi connectivity index (χ4n) is 1.57. The van der Waals surface area contributed by atoms with E-state index in [2.05, 4.69) is 9.97 Å². The zero-order valence-electron chi connectivity index (χ0n) is 9.98. The van der Waals surface area contributed by atoms with Crippen molar-refractivity contribution in [2.75, 3.05) is 20.0 Å². The van der Waals surface area contributed by atoms with Crippen LogP contribution in [0.3, 0.4) is 0 Å². The van der Waals surface area contributed by atoms with Gasteiger partial charge in [-0.1, -0.05) is 11.6 Å². The maximum absolute atomic E-state index is 6.11. The summed E-state index contributed by atoms with van der Waals surface area (Å²) in [6, 6.07) is 5.36. The van der Waals surface area contributed by atoms with Crippen LogP contribution in [0.1, 0.15) is 0 Å². The summed E-state index contributed by atoms with van der Waals surface area (Å²) >= 11 is 6.11. The molecule has 1 aromatic heterocycles. The summed E-state index contributed by atoms with van der Waals surface area (Å²) in [5.74, 6) is 1.54. The van der Waals surface area contributed by atoms with Crippen LogP contribution in [-0.2, 0) is 0 Å². The van der Waals surface area contributed by atoms with E-state index in [4.69, 9.17) is 26.8 Å². The van der Waals surface area contributed by atoms with Gasteiger partial charge in [-0.3, -0.25) is 0 Å². The lowest BCUT2D eigenvalue weighted by Crippen LogP contribution is -1.97. The van der Waals surface area contributed by atoms with Gasteiger partial charge in [0.25, 0.3) is 0 Å². The van der Waals surface area contributed by atoms with Crippen LogP contribution in [-0.4, -0.2) is 24.2 Å². The van der Waals surface area contributed by atoms with Crippen molar-refractivity contribution in [1.29, 1.82) is 0 Å². The molecule has 0 saturated carbocycles.